The van der Waals surface area contributed by atoms with E-state index in [1.165, 1.54) is 24.3 Å². The zero-order valence-electron chi connectivity index (χ0n) is 12.9. The van der Waals surface area contributed by atoms with E-state index in [2.05, 4.69) is 11.0 Å². The molecule has 3 rings (SSSR count). The van der Waals surface area contributed by atoms with Crippen molar-refractivity contribution in [3.63, 3.8) is 0 Å². The van der Waals surface area contributed by atoms with E-state index < -0.39 is 10.0 Å². The summed E-state index contributed by atoms with van der Waals surface area (Å²) in [6.07, 6.45) is 1.65. The Hall–Kier alpha value is -2.25. The Morgan fingerprint density at radius 2 is 1.96 bits per heavy atom. The lowest BCUT2D eigenvalue weighted by atomic mass is 10.2. The number of thiazole rings is 1. The van der Waals surface area contributed by atoms with Crippen LogP contribution in [0.2, 0.25) is 0 Å². The van der Waals surface area contributed by atoms with Crippen LogP contribution in [0.1, 0.15) is 5.56 Å². The molecule has 0 bridgehead atoms. The first-order chi connectivity index (χ1) is 11.4. The summed E-state index contributed by atoms with van der Waals surface area (Å²) < 4.78 is 44.8. The molecule has 0 spiro atoms. The van der Waals surface area contributed by atoms with Gasteiger partial charge in [-0.05, 0) is 37.3 Å². The van der Waals surface area contributed by atoms with Crippen LogP contribution in [0, 0.1) is 12.7 Å². The van der Waals surface area contributed by atoms with Crippen molar-refractivity contribution in [1.29, 1.82) is 0 Å². The van der Waals surface area contributed by atoms with Crippen LogP contribution < -0.4 is 4.80 Å². The largest absolute Gasteiger partial charge is 0.312 e. The summed E-state index contributed by atoms with van der Waals surface area (Å²) in [4.78, 5) is 0.415. The molecule has 1 heterocycles. The first-order valence-electron chi connectivity index (χ1n) is 7.18. The molecule has 124 valence electrons. The molecule has 0 N–H and O–H groups in total. The molecule has 0 saturated carbocycles. The Morgan fingerprint density at radius 3 is 2.62 bits per heavy atom. The van der Waals surface area contributed by atoms with Gasteiger partial charge in [-0.3, -0.25) is 0 Å². The van der Waals surface area contributed by atoms with E-state index in [1.54, 1.807) is 28.8 Å². The van der Waals surface area contributed by atoms with Crippen molar-refractivity contribution < 1.29 is 12.8 Å². The maximum atomic E-state index is 13.4. The highest BCUT2D eigenvalue weighted by Gasteiger charge is 2.14. The first-order valence-corrected chi connectivity index (χ1v) is 9.44. The number of sulfonamides is 1. The summed E-state index contributed by atoms with van der Waals surface area (Å²) in [7, 11) is -3.84. The van der Waals surface area contributed by atoms with Crippen molar-refractivity contribution in [2.45, 2.75) is 18.4 Å². The van der Waals surface area contributed by atoms with Gasteiger partial charge in [0.15, 0.2) is 0 Å². The molecule has 24 heavy (non-hydrogen) atoms. The zero-order valence-corrected chi connectivity index (χ0v) is 14.6. The number of aryl methyl sites for hydroxylation is 1. The normalized spacial score (nSPS) is 12.7. The third kappa shape index (κ3) is 3.18. The van der Waals surface area contributed by atoms with Gasteiger partial charge in [-0.1, -0.05) is 35.1 Å². The number of hydrogen-bond donors (Lipinski definition) is 0. The Labute approximate surface area is 143 Å². The molecule has 1 aromatic heterocycles. The highest BCUT2D eigenvalue weighted by Crippen LogP contribution is 2.20. The first kappa shape index (κ1) is 16.6. The second-order valence-corrected chi connectivity index (χ2v) is 7.89. The van der Waals surface area contributed by atoms with Crippen LogP contribution in [0.5, 0.6) is 0 Å². The van der Waals surface area contributed by atoms with Crippen molar-refractivity contribution in [3.05, 3.63) is 71.3 Å². The van der Waals surface area contributed by atoms with Crippen LogP contribution in [0.4, 0.5) is 4.39 Å². The molecule has 0 unspecified atom stereocenters. The Bertz CT molecular complexity index is 1080. The number of halogens is 1. The van der Waals surface area contributed by atoms with Crippen molar-refractivity contribution in [2.24, 2.45) is 4.40 Å². The fourth-order valence-electron chi connectivity index (χ4n) is 2.29. The van der Waals surface area contributed by atoms with E-state index in [9.17, 15) is 12.8 Å². The van der Waals surface area contributed by atoms with E-state index in [0.29, 0.717) is 11.2 Å². The van der Waals surface area contributed by atoms with Crippen LogP contribution in [0.15, 0.2) is 64.4 Å². The SMILES string of the molecule is C=CCn1c(=NS(=O)(=O)c2ccc(C)cc2)sc2cc(F)ccc21. The molecule has 0 aliphatic rings. The van der Waals surface area contributed by atoms with Gasteiger partial charge in [-0.15, -0.1) is 11.0 Å². The predicted octanol–water partition coefficient (Wildman–Crippen LogP) is 3.63. The molecule has 0 saturated heterocycles. The van der Waals surface area contributed by atoms with Gasteiger partial charge in [0.25, 0.3) is 10.0 Å². The van der Waals surface area contributed by atoms with Crippen LogP contribution in [0.25, 0.3) is 10.2 Å². The van der Waals surface area contributed by atoms with Crippen molar-refractivity contribution in [1.82, 2.24) is 4.57 Å². The minimum atomic E-state index is -3.84. The zero-order chi connectivity index (χ0) is 17.3. The smallest absolute Gasteiger partial charge is 0.285 e. The fraction of sp³-hybridized carbons (Fsp3) is 0.118. The minimum Gasteiger partial charge on any atom is -0.312 e. The van der Waals surface area contributed by atoms with Gasteiger partial charge in [0.1, 0.15) is 5.82 Å². The van der Waals surface area contributed by atoms with Gasteiger partial charge < -0.3 is 4.57 Å². The highest BCUT2D eigenvalue weighted by atomic mass is 32.2. The minimum absolute atomic E-state index is 0.127. The summed E-state index contributed by atoms with van der Waals surface area (Å²) in [5.74, 6) is -0.373. The lowest BCUT2D eigenvalue weighted by Crippen LogP contribution is -2.16. The lowest BCUT2D eigenvalue weighted by Gasteiger charge is -2.02. The molecule has 3 aromatic rings. The van der Waals surface area contributed by atoms with E-state index in [-0.39, 0.29) is 15.5 Å². The predicted molar refractivity (Wildman–Crippen MR) is 93.9 cm³/mol. The number of benzene rings is 2. The number of aromatic nitrogens is 1. The molecule has 0 atom stereocenters. The summed E-state index contributed by atoms with van der Waals surface area (Å²) in [5, 5.41) is 0. The standard InChI is InChI=1S/C17H15FN2O2S2/c1-3-10-20-15-9-6-13(18)11-16(15)23-17(20)19-24(21,22)14-7-4-12(2)5-8-14/h3-9,11H,1,10H2,2H3. The second kappa shape index (κ2) is 6.33. The Kier molecular flexibility index (Phi) is 4.38. The average Bonchev–Trinajstić information content (AvgIpc) is 2.84. The molecule has 7 heteroatoms. The lowest BCUT2D eigenvalue weighted by molar-refractivity contribution is 0.596. The Morgan fingerprint density at radius 1 is 1.25 bits per heavy atom. The van der Waals surface area contributed by atoms with Crippen LogP contribution in [0.3, 0.4) is 0 Å². The second-order valence-electron chi connectivity index (χ2n) is 5.28. The van der Waals surface area contributed by atoms with E-state index in [1.807, 2.05) is 6.92 Å². The molecular formula is C17H15FN2O2S2. The molecule has 0 radical (unpaired) electrons. The monoisotopic (exact) mass is 362 g/mol. The van der Waals surface area contributed by atoms with Gasteiger partial charge in [-0.25, -0.2) is 4.39 Å². The van der Waals surface area contributed by atoms with Crippen LogP contribution in [-0.4, -0.2) is 13.0 Å². The van der Waals surface area contributed by atoms with E-state index >= 15 is 0 Å². The fourth-order valence-corrected chi connectivity index (χ4v) is 4.56. The Balaban J connectivity index is 2.23. The number of allylic oxidation sites excluding steroid dienone is 1. The summed E-state index contributed by atoms with van der Waals surface area (Å²) in [6.45, 7) is 5.95. The third-order valence-electron chi connectivity index (χ3n) is 3.47. The number of rotatable bonds is 4. The van der Waals surface area contributed by atoms with Gasteiger partial charge >= 0.3 is 0 Å². The maximum absolute atomic E-state index is 13.4. The number of fused-ring (bicyclic) bond motifs is 1. The molecule has 4 nitrogen and oxygen atoms in total. The van der Waals surface area contributed by atoms with Gasteiger partial charge in [0.2, 0.25) is 4.80 Å². The maximum Gasteiger partial charge on any atom is 0.285 e. The summed E-state index contributed by atoms with van der Waals surface area (Å²) in [5.41, 5.74) is 1.69. The summed E-state index contributed by atoms with van der Waals surface area (Å²) in [6, 6.07) is 10.8. The molecule has 0 aliphatic carbocycles. The molecule has 0 fully saturated rings. The summed E-state index contributed by atoms with van der Waals surface area (Å²) >= 11 is 1.13. The van der Waals surface area contributed by atoms with Crippen molar-refractivity contribution in [2.75, 3.05) is 0 Å². The quantitative estimate of drug-likeness (QED) is 0.666. The molecular weight excluding hydrogens is 347 g/mol. The van der Waals surface area contributed by atoms with Crippen molar-refractivity contribution in [3.8, 4) is 0 Å². The van der Waals surface area contributed by atoms with Gasteiger partial charge in [0, 0.05) is 6.54 Å². The third-order valence-corrected chi connectivity index (χ3v) is 5.91. The van der Waals surface area contributed by atoms with Crippen LogP contribution >= 0.6 is 11.3 Å². The molecule has 2 aromatic carbocycles. The highest BCUT2D eigenvalue weighted by molar-refractivity contribution is 7.90. The van der Waals surface area contributed by atoms with E-state index in [4.69, 9.17) is 0 Å². The van der Waals surface area contributed by atoms with Gasteiger partial charge in [-0.2, -0.15) is 8.42 Å². The number of nitrogens with zero attached hydrogens (tertiary/aromatic N) is 2. The average molecular weight is 362 g/mol. The number of hydrogen-bond acceptors (Lipinski definition) is 3. The van der Waals surface area contributed by atoms with Crippen molar-refractivity contribution >= 4 is 31.6 Å². The molecule has 0 amide bonds. The molecule has 0 aliphatic heterocycles. The van der Waals surface area contributed by atoms with Gasteiger partial charge in [0.05, 0.1) is 15.1 Å². The topological polar surface area (TPSA) is 51.4 Å². The van der Waals surface area contributed by atoms with E-state index in [0.717, 1.165) is 22.4 Å². The van der Waals surface area contributed by atoms with Crippen LogP contribution in [-0.2, 0) is 16.6 Å².